The van der Waals surface area contributed by atoms with Gasteiger partial charge in [-0.1, -0.05) is 13.8 Å². The van der Waals surface area contributed by atoms with Crippen molar-refractivity contribution in [2.45, 2.75) is 33.3 Å². The van der Waals surface area contributed by atoms with Crippen LogP contribution in [0.3, 0.4) is 0 Å². The number of rotatable bonds is 6. The molecule has 0 saturated carbocycles. The van der Waals surface area contributed by atoms with E-state index in [9.17, 15) is 9.90 Å². The molecule has 1 unspecified atom stereocenters. The van der Waals surface area contributed by atoms with Crippen LogP contribution in [0.5, 0.6) is 0 Å². The van der Waals surface area contributed by atoms with Crippen molar-refractivity contribution in [3.8, 4) is 0 Å². The first-order valence-corrected chi connectivity index (χ1v) is 6.19. The molecule has 0 aromatic carbocycles. The van der Waals surface area contributed by atoms with Crippen molar-refractivity contribution in [2.24, 2.45) is 5.92 Å². The third-order valence-electron chi connectivity index (χ3n) is 2.67. The maximum atomic E-state index is 11.5. The summed E-state index contributed by atoms with van der Waals surface area (Å²) in [7, 11) is 0. The predicted molar refractivity (Wildman–Crippen MR) is 71.0 cm³/mol. The van der Waals surface area contributed by atoms with Gasteiger partial charge in [-0.25, -0.2) is 0 Å². The highest BCUT2D eigenvalue weighted by molar-refractivity contribution is 5.91. The molecule has 0 aliphatic carbocycles. The maximum Gasteiger partial charge on any atom is 0.244 e. The van der Waals surface area contributed by atoms with Crippen molar-refractivity contribution in [3.63, 3.8) is 0 Å². The minimum absolute atomic E-state index is 0.181. The molecule has 4 nitrogen and oxygen atoms in total. The van der Waals surface area contributed by atoms with E-state index in [1.54, 1.807) is 6.08 Å². The van der Waals surface area contributed by atoms with Gasteiger partial charge in [0.1, 0.15) is 11.5 Å². The molecule has 0 fully saturated rings. The number of aliphatic hydroxyl groups excluding tert-OH is 1. The molecule has 1 amide bonds. The van der Waals surface area contributed by atoms with E-state index in [4.69, 9.17) is 4.42 Å². The standard InChI is InChI=1S/C14H21NO3/c1-10(2)13(16)8-9-15-14(17)7-6-12-5-4-11(3)18-12/h4-7,10,13,16H,8-9H2,1-3H3,(H,15,17)/b7-6+. The van der Waals surface area contributed by atoms with Crippen molar-refractivity contribution < 1.29 is 14.3 Å². The second-order valence-electron chi connectivity index (χ2n) is 4.67. The molecule has 0 saturated heterocycles. The van der Waals surface area contributed by atoms with Crippen LogP contribution in [-0.4, -0.2) is 23.7 Å². The molecule has 18 heavy (non-hydrogen) atoms. The van der Waals surface area contributed by atoms with Gasteiger partial charge in [0.15, 0.2) is 0 Å². The smallest absolute Gasteiger partial charge is 0.244 e. The van der Waals surface area contributed by atoms with Gasteiger partial charge in [0.2, 0.25) is 5.91 Å². The van der Waals surface area contributed by atoms with Crippen LogP contribution in [0.4, 0.5) is 0 Å². The molecule has 1 heterocycles. The number of amides is 1. The van der Waals surface area contributed by atoms with Crippen LogP contribution in [0.15, 0.2) is 22.6 Å². The molecular weight excluding hydrogens is 230 g/mol. The van der Waals surface area contributed by atoms with Gasteiger partial charge < -0.3 is 14.8 Å². The van der Waals surface area contributed by atoms with E-state index < -0.39 is 0 Å². The first kappa shape index (κ1) is 14.5. The summed E-state index contributed by atoms with van der Waals surface area (Å²) < 4.78 is 5.30. The maximum absolute atomic E-state index is 11.5. The van der Waals surface area contributed by atoms with Crippen LogP contribution in [0.1, 0.15) is 31.8 Å². The predicted octanol–water partition coefficient (Wildman–Crippen LogP) is 2.12. The molecule has 1 aromatic heterocycles. The van der Waals surface area contributed by atoms with Gasteiger partial charge in [-0.3, -0.25) is 4.79 Å². The third-order valence-corrected chi connectivity index (χ3v) is 2.67. The number of nitrogens with one attached hydrogen (secondary N) is 1. The highest BCUT2D eigenvalue weighted by Crippen LogP contribution is 2.07. The topological polar surface area (TPSA) is 62.5 Å². The molecule has 1 rings (SSSR count). The zero-order valence-corrected chi connectivity index (χ0v) is 11.1. The lowest BCUT2D eigenvalue weighted by molar-refractivity contribution is -0.116. The van der Waals surface area contributed by atoms with Gasteiger partial charge in [0, 0.05) is 12.6 Å². The lowest BCUT2D eigenvalue weighted by Gasteiger charge is -2.13. The quantitative estimate of drug-likeness (QED) is 0.761. The van der Waals surface area contributed by atoms with Gasteiger partial charge in [-0.05, 0) is 37.5 Å². The number of carbonyl (C=O) groups is 1. The highest BCUT2D eigenvalue weighted by atomic mass is 16.3. The molecule has 0 aliphatic heterocycles. The molecule has 1 aromatic rings. The summed E-state index contributed by atoms with van der Waals surface area (Å²) >= 11 is 0. The van der Waals surface area contributed by atoms with Crippen LogP contribution in [0, 0.1) is 12.8 Å². The number of hydrogen-bond donors (Lipinski definition) is 2. The number of aryl methyl sites for hydroxylation is 1. The van der Waals surface area contributed by atoms with Crippen molar-refractivity contribution in [1.82, 2.24) is 5.32 Å². The Kier molecular flexibility index (Phi) is 5.65. The molecular formula is C14H21NO3. The van der Waals surface area contributed by atoms with Crippen LogP contribution in [0.25, 0.3) is 6.08 Å². The van der Waals surface area contributed by atoms with E-state index in [0.29, 0.717) is 18.7 Å². The van der Waals surface area contributed by atoms with Crippen LogP contribution in [0.2, 0.25) is 0 Å². The zero-order valence-electron chi connectivity index (χ0n) is 11.1. The van der Waals surface area contributed by atoms with Gasteiger partial charge in [-0.2, -0.15) is 0 Å². The van der Waals surface area contributed by atoms with Gasteiger partial charge in [0.25, 0.3) is 0 Å². The summed E-state index contributed by atoms with van der Waals surface area (Å²) in [6, 6.07) is 3.65. The Morgan fingerprint density at radius 1 is 1.50 bits per heavy atom. The minimum Gasteiger partial charge on any atom is -0.462 e. The summed E-state index contributed by atoms with van der Waals surface area (Å²) in [5.74, 6) is 1.50. The average molecular weight is 251 g/mol. The summed E-state index contributed by atoms with van der Waals surface area (Å²) in [4.78, 5) is 11.5. The zero-order chi connectivity index (χ0) is 13.5. The molecule has 0 aliphatic rings. The van der Waals surface area contributed by atoms with E-state index in [0.717, 1.165) is 5.76 Å². The fourth-order valence-electron chi connectivity index (χ4n) is 1.44. The Morgan fingerprint density at radius 2 is 2.22 bits per heavy atom. The Bertz CT molecular complexity index is 407. The second-order valence-corrected chi connectivity index (χ2v) is 4.67. The van der Waals surface area contributed by atoms with E-state index >= 15 is 0 Å². The van der Waals surface area contributed by atoms with Gasteiger partial charge >= 0.3 is 0 Å². The van der Waals surface area contributed by atoms with Gasteiger partial charge in [0.05, 0.1) is 6.10 Å². The second kappa shape index (κ2) is 7.01. The molecule has 2 N–H and O–H groups in total. The van der Waals surface area contributed by atoms with Crippen molar-refractivity contribution in [3.05, 3.63) is 29.7 Å². The molecule has 0 bridgehead atoms. The van der Waals surface area contributed by atoms with Crippen molar-refractivity contribution in [2.75, 3.05) is 6.54 Å². The summed E-state index contributed by atoms with van der Waals surface area (Å²) in [5.41, 5.74) is 0. The Labute approximate surface area is 108 Å². The van der Waals surface area contributed by atoms with Crippen LogP contribution < -0.4 is 5.32 Å². The lowest BCUT2D eigenvalue weighted by atomic mass is 10.0. The minimum atomic E-state index is -0.373. The number of carbonyl (C=O) groups excluding carboxylic acids is 1. The SMILES string of the molecule is Cc1ccc(/C=C/C(=O)NCCC(O)C(C)C)o1. The summed E-state index contributed by atoms with van der Waals surface area (Å²) in [5, 5.41) is 12.3. The van der Waals surface area contributed by atoms with Crippen molar-refractivity contribution in [1.29, 1.82) is 0 Å². The normalized spacial score (nSPS) is 13.2. The third kappa shape index (κ3) is 5.19. The number of aliphatic hydroxyl groups is 1. The Hall–Kier alpha value is -1.55. The molecule has 0 radical (unpaired) electrons. The van der Waals surface area contributed by atoms with Crippen LogP contribution in [-0.2, 0) is 4.79 Å². The van der Waals surface area contributed by atoms with Crippen LogP contribution >= 0.6 is 0 Å². The Balaban J connectivity index is 2.27. The van der Waals surface area contributed by atoms with E-state index in [1.165, 1.54) is 6.08 Å². The van der Waals surface area contributed by atoms with Crippen molar-refractivity contribution >= 4 is 12.0 Å². The number of hydrogen-bond acceptors (Lipinski definition) is 3. The monoisotopic (exact) mass is 251 g/mol. The van der Waals surface area contributed by atoms with E-state index in [-0.39, 0.29) is 17.9 Å². The molecule has 0 spiro atoms. The van der Waals surface area contributed by atoms with E-state index in [1.807, 2.05) is 32.9 Å². The fraction of sp³-hybridized carbons (Fsp3) is 0.500. The Morgan fingerprint density at radius 3 is 2.78 bits per heavy atom. The largest absolute Gasteiger partial charge is 0.462 e. The number of furan rings is 1. The first-order valence-electron chi connectivity index (χ1n) is 6.19. The summed E-state index contributed by atoms with van der Waals surface area (Å²) in [6.45, 7) is 6.22. The van der Waals surface area contributed by atoms with Gasteiger partial charge in [-0.15, -0.1) is 0 Å². The highest BCUT2D eigenvalue weighted by Gasteiger charge is 2.08. The molecule has 100 valence electrons. The lowest BCUT2D eigenvalue weighted by Crippen LogP contribution is -2.27. The summed E-state index contributed by atoms with van der Waals surface area (Å²) in [6.07, 6.45) is 3.25. The fourth-order valence-corrected chi connectivity index (χ4v) is 1.44. The average Bonchev–Trinajstić information content (AvgIpc) is 2.72. The van der Waals surface area contributed by atoms with E-state index in [2.05, 4.69) is 5.32 Å². The molecule has 1 atom stereocenters. The first-order chi connectivity index (χ1) is 8.49. The molecule has 4 heteroatoms.